The zero-order chi connectivity index (χ0) is 12.1. The van der Waals surface area contributed by atoms with Gasteiger partial charge < -0.3 is 5.32 Å². The van der Waals surface area contributed by atoms with Crippen LogP contribution in [0.15, 0.2) is 0 Å². The number of carbonyl (C=O) groups is 1. The highest BCUT2D eigenvalue weighted by Gasteiger charge is 2.38. The molecule has 0 spiro atoms. The molecule has 0 heterocycles. The number of amides is 1. The molecule has 1 unspecified atom stereocenters. The summed E-state index contributed by atoms with van der Waals surface area (Å²) in [6.45, 7) is 6.28. The van der Waals surface area contributed by atoms with Crippen LogP contribution in [0, 0.1) is 11.8 Å². The lowest BCUT2D eigenvalue weighted by molar-refractivity contribution is -0.173. The van der Waals surface area contributed by atoms with Gasteiger partial charge in [-0.3, -0.25) is 4.79 Å². The Bertz CT molecular complexity index is 201. The first-order valence-electron chi connectivity index (χ1n) is 5.10. The molecule has 15 heavy (non-hydrogen) atoms. The Morgan fingerprint density at radius 1 is 1.27 bits per heavy atom. The van der Waals surface area contributed by atoms with Gasteiger partial charge in [0.15, 0.2) is 0 Å². The molecule has 90 valence electrons. The summed E-state index contributed by atoms with van der Waals surface area (Å²) in [6.07, 6.45) is -3.35. The van der Waals surface area contributed by atoms with Crippen LogP contribution in [-0.2, 0) is 4.79 Å². The Labute approximate surface area is 88.2 Å². The number of hydrogen-bond donors (Lipinski definition) is 1. The van der Waals surface area contributed by atoms with E-state index in [1.165, 1.54) is 0 Å². The average molecular weight is 225 g/mol. The quantitative estimate of drug-likeness (QED) is 0.716. The van der Waals surface area contributed by atoms with Crippen molar-refractivity contribution < 1.29 is 18.0 Å². The minimum absolute atomic E-state index is 0.0927. The second kappa shape index (κ2) is 5.98. The summed E-state index contributed by atoms with van der Waals surface area (Å²) in [5.41, 5.74) is 0. The van der Waals surface area contributed by atoms with Gasteiger partial charge >= 0.3 is 12.1 Å². The van der Waals surface area contributed by atoms with E-state index in [9.17, 15) is 18.0 Å². The summed E-state index contributed by atoms with van der Waals surface area (Å²) in [6, 6.07) is 0. The molecule has 0 rings (SSSR count). The molecule has 1 atom stereocenters. The zero-order valence-electron chi connectivity index (χ0n) is 9.32. The Morgan fingerprint density at radius 3 is 2.20 bits per heavy atom. The van der Waals surface area contributed by atoms with Gasteiger partial charge in [0.05, 0.1) is 0 Å². The molecule has 0 aromatic carbocycles. The maximum Gasteiger partial charge on any atom is 0.471 e. The van der Waals surface area contributed by atoms with Crippen molar-refractivity contribution in [3.63, 3.8) is 0 Å². The molecular formula is C10H18F3NO. The SMILES string of the molecule is CC(C)C(C)CCCNC(=O)C(F)(F)F. The number of rotatable bonds is 5. The topological polar surface area (TPSA) is 29.1 Å². The number of nitrogens with one attached hydrogen (secondary N) is 1. The fourth-order valence-electron chi connectivity index (χ4n) is 1.06. The highest BCUT2D eigenvalue weighted by molar-refractivity contribution is 5.81. The maximum atomic E-state index is 11.8. The summed E-state index contributed by atoms with van der Waals surface area (Å²) in [5, 5.41) is 1.85. The summed E-state index contributed by atoms with van der Waals surface area (Å²) in [5.74, 6) is -0.865. The van der Waals surface area contributed by atoms with Crippen LogP contribution >= 0.6 is 0 Å². The zero-order valence-corrected chi connectivity index (χ0v) is 9.32. The van der Waals surface area contributed by atoms with Gasteiger partial charge in [-0.15, -0.1) is 0 Å². The highest BCUT2D eigenvalue weighted by atomic mass is 19.4. The fraction of sp³-hybridized carbons (Fsp3) is 0.900. The van der Waals surface area contributed by atoms with Crippen LogP contribution in [0.2, 0.25) is 0 Å². The molecular weight excluding hydrogens is 207 g/mol. The van der Waals surface area contributed by atoms with Crippen LogP contribution in [0.4, 0.5) is 13.2 Å². The molecule has 2 nitrogen and oxygen atoms in total. The third-order valence-electron chi connectivity index (χ3n) is 2.52. The van der Waals surface area contributed by atoms with Gasteiger partial charge in [-0.1, -0.05) is 20.8 Å². The maximum absolute atomic E-state index is 11.8. The van der Waals surface area contributed by atoms with Crippen molar-refractivity contribution in [1.29, 1.82) is 0 Å². The number of alkyl halides is 3. The monoisotopic (exact) mass is 225 g/mol. The minimum Gasteiger partial charge on any atom is -0.348 e. The lowest BCUT2D eigenvalue weighted by Crippen LogP contribution is -2.37. The number of carbonyl (C=O) groups excluding carboxylic acids is 1. The van der Waals surface area contributed by atoms with E-state index < -0.39 is 12.1 Å². The van der Waals surface area contributed by atoms with Crippen molar-refractivity contribution in [3.05, 3.63) is 0 Å². The molecule has 0 saturated carbocycles. The average Bonchev–Trinajstić information content (AvgIpc) is 2.09. The van der Waals surface area contributed by atoms with Crippen molar-refractivity contribution in [3.8, 4) is 0 Å². The Balaban J connectivity index is 3.60. The van der Waals surface area contributed by atoms with Crippen molar-refractivity contribution in [2.24, 2.45) is 11.8 Å². The summed E-state index contributed by atoms with van der Waals surface area (Å²) >= 11 is 0. The highest BCUT2D eigenvalue weighted by Crippen LogP contribution is 2.16. The van der Waals surface area contributed by atoms with Crippen LogP contribution in [0.25, 0.3) is 0 Å². The first-order valence-corrected chi connectivity index (χ1v) is 5.10. The van der Waals surface area contributed by atoms with Gasteiger partial charge in [-0.2, -0.15) is 13.2 Å². The molecule has 0 bridgehead atoms. The van der Waals surface area contributed by atoms with Crippen molar-refractivity contribution in [2.45, 2.75) is 39.8 Å². The smallest absolute Gasteiger partial charge is 0.348 e. The van der Waals surface area contributed by atoms with Gasteiger partial charge in [-0.25, -0.2) is 0 Å². The Morgan fingerprint density at radius 2 is 1.80 bits per heavy atom. The first-order chi connectivity index (χ1) is 6.75. The van der Waals surface area contributed by atoms with Crippen molar-refractivity contribution in [1.82, 2.24) is 5.32 Å². The molecule has 0 aliphatic heterocycles. The standard InChI is InChI=1S/C10H18F3NO/c1-7(2)8(3)5-4-6-14-9(15)10(11,12)13/h7-8H,4-6H2,1-3H3,(H,14,15). The van der Waals surface area contributed by atoms with E-state index in [0.29, 0.717) is 18.3 Å². The van der Waals surface area contributed by atoms with Crippen molar-refractivity contribution >= 4 is 5.91 Å². The lowest BCUT2D eigenvalue weighted by atomic mass is 9.93. The Hall–Kier alpha value is -0.740. The summed E-state index contributed by atoms with van der Waals surface area (Å²) in [4.78, 5) is 10.4. The van der Waals surface area contributed by atoms with Gasteiger partial charge in [0.2, 0.25) is 0 Å². The van der Waals surface area contributed by atoms with E-state index >= 15 is 0 Å². The molecule has 5 heteroatoms. The third-order valence-corrected chi connectivity index (χ3v) is 2.52. The van der Waals surface area contributed by atoms with E-state index in [4.69, 9.17) is 0 Å². The number of halogens is 3. The molecule has 0 aliphatic rings. The van der Waals surface area contributed by atoms with E-state index in [2.05, 4.69) is 20.8 Å². The molecule has 1 N–H and O–H groups in total. The second-order valence-electron chi connectivity index (χ2n) is 4.12. The van der Waals surface area contributed by atoms with Gasteiger partial charge in [-0.05, 0) is 24.7 Å². The van der Waals surface area contributed by atoms with E-state index in [1.807, 2.05) is 5.32 Å². The largest absolute Gasteiger partial charge is 0.471 e. The summed E-state index contributed by atoms with van der Waals surface area (Å²) < 4.78 is 35.3. The normalized spacial score (nSPS) is 14.1. The molecule has 0 fully saturated rings. The molecule has 0 saturated heterocycles. The van der Waals surface area contributed by atoms with Crippen LogP contribution in [-0.4, -0.2) is 18.6 Å². The molecule has 0 aromatic rings. The molecule has 0 radical (unpaired) electrons. The van der Waals surface area contributed by atoms with Crippen LogP contribution in [0.5, 0.6) is 0 Å². The minimum atomic E-state index is -4.76. The molecule has 1 amide bonds. The van der Waals surface area contributed by atoms with E-state index in [0.717, 1.165) is 6.42 Å². The van der Waals surface area contributed by atoms with Gasteiger partial charge in [0.1, 0.15) is 0 Å². The Kier molecular flexibility index (Phi) is 5.68. The molecule has 0 aromatic heterocycles. The molecule has 0 aliphatic carbocycles. The van der Waals surface area contributed by atoms with Crippen LogP contribution in [0.1, 0.15) is 33.6 Å². The van der Waals surface area contributed by atoms with Crippen LogP contribution in [0.3, 0.4) is 0 Å². The third kappa shape index (κ3) is 6.36. The predicted octanol–water partition coefficient (Wildman–Crippen LogP) is 2.74. The van der Waals surface area contributed by atoms with Gasteiger partial charge in [0, 0.05) is 6.54 Å². The predicted molar refractivity (Wildman–Crippen MR) is 52.3 cm³/mol. The van der Waals surface area contributed by atoms with E-state index in [-0.39, 0.29) is 6.54 Å². The van der Waals surface area contributed by atoms with E-state index in [1.54, 1.807) is 0 Å². The number of hydrogen-bond acceptors (Lipinski definition) is 1. The second-order valence-corrected chi connectivity index (χ2v) is 4.12. The fourth-order valence-corrected chi connectivity index (χ4v) is 1.06. The van der Waals surface area contributed by atoms with Crippen molar-refractivity contribution in [2.75, 3.05) is 6.54 Å². The van der Waals surface area contributed by atoms with Crippen LogP contribution < -0.4 is 5.32 Å². The van der Waals surface area contributed by atoms with Gasteiger partial charge in [0.25, 0.3) is 0 Å². The summed E-state index contributed by atoms with van der Waals surface area (Å²) in [7, 11) is 0. The lowest BCUT2D eigenvalue weighted by Gasteiger charge is -2.15. The first kappa shape index (κ1) is 14.3.